The Kier molecular flexibility index (Phi) is 5.47. The molecule has 0 unspecified atom stereocenters. The molecule has 0 saturated carbocycles. The molecule has 0 spiro atoms. The smallest absolute Gasteiger partial charge is 0.119 e. The lowest BCUT2D eigenvalue weighted by Gasteiger charge is -2.15. The van der Waals surface area contributed by atoms with E-state index in [9.17, 15) is 0 Å². The number of likely N-dealkylation sites (tertiary alicyclic amines) is 1. The van der Waals surface area contributed by atoms with E-state index in [2.05, 4.69) is 32.2 Å². The predicted octanol–water partition coefficient (Wildman–Crippen LogP) is 2.64. The maximum Gasteiger partial charge on any atom is 0.119 e. The summed E-state index contributed by atoms with van der Waals surface area (Å²) in [6.45, 7) is 5.62. The molecular weight excluding hydrogens is 292 g/mol. The van der Waals surface area contributed by atoms with Crippen molar-refractivity contribution in [2.24, 2.45) is 0 Å². The fraction of sp³-hybridized carbons (Fsp3) is 0.571. The van der Waals surface area contributed by atoms with Gasteiger partial charge >= 0.3 is 0 Å². The van der Waals surface area contributed by atoms with Gasteiger partial charge in [0.2, 0.25) is 0 Å². The second kappa shape index (κ2) is 7.12. The van der Waals surface area contributed by atoms with Crippen LogP contribution in [0.3, 0.4) is 0 Å². The molecule has 0 aromatic heterocycles. The topological polar surface area (TPSA) is 24.5 Å². The Labute approximate surface area is 118 Å². The van der Waals surface area contributed by atoms with Gasteiger partial charge in [-0.3, -0.25) is 0 Å². The summed E-state index contributed by atoms with van der Waals surface area (Å²) in [6.07, 6.45) is 2.73. The SMILES string of the molecule is COc1ccc(Br)c(CNCCN2CCCC2)c1. The van der Waals surface area contributed by atoms with Crippen molar-refractivity contribution in [2.75, 3.05) is 33.3 Å². The Hall–Kier alpha value is -0.580. The maximum absolute atomic E-state index is 5.24. The van der Waals surface area contributed by atoms with Crippen LogP contribution in [0, 0.1) is 0 Å². The van der Waals surface area contributed by atoms with E-state index in [1.807, 2.05) is 12.1 Å². The Balaban J connectivity index is 1.75. The van der Waals surface area contributed by atoms with Gasteiger partial charge < -0.3 is 15.0 Å². The molecule has 4 heteroatoms. The van der Waals surface area contributed by atoms with Crippen LogP contribution in [0.2, 0.25) is 0 Å². The monoisotopic (exact) mass is 312 g/mol. The summed E-state index contributed by atoms with van der Waals surface area (Å²) in [6, 6.07) is 6.08. The first-order valence-corrected chi connectivity index (χ1v) is 7.34. The summed E-state index contributed by atoms with van der Waals surface area (Å²) in [7, 11) is 1.70. The van der Waals surface area contributed by atoms with Crippen LogP contribution in [0.25, 0.3) is 0 Å². The summed E-state index contributed by atoms with van der Waals surface area (Å²) in [5, 5.41) is 3.49. The zero-order valence-electron chi connectivity index (χ0n) is 10.9. The summed E-state index contributed by atoms with van der Waals surface area (Å²) in [4.78, 5) is 2.52. The minimum absolute atomic E-state index is 0.881. The number of benzene rings is 1. The molecule has 1 heterocycles. The number of nitrogens with one attached hydrogen (secondary N) is 1. The van der Waals surface area contributed by atoms with Crippen molar-refractivity contribution >= 4 is 15.9 Å². The summed E-state index contributed by atoms with van der Waals surface area (Å²) in [5.74, 6) is 0.912. The van der Waals surface area contributed by atoms with Crippen LogP contribution < -0.4 is 10.1 Å². The molecule has 1 aliphatic rings. The highest BCUT2D eigenvalue weighted by molar-refractivity contribution is 9.10. The summed E-state index contributed by atoms with van der Waals surface area (Å²) < 4.78 is 6.38. The maximum atomic E-state index is 5.24. The molecule has 1 saturated heterocycles. The van der Waals surface area contributed by atoms with E-state index in [0.717, 1.165) is 29.9 Å². The summed E-state index contributed by atoms with van der Waals surface area (Å²) >= 11 is 3.57. The molecule has 0 radical (unpaired) electrons. The lowest BCUT2D eigenvalue weighted by atomic mass is 10.2. The highest BCUT2D eigenvalue weighted by Crippen LogP contribution is 2.22. The largest absolute Gasteiger partial charge is 0.497 e. The minimum Gasteiger partial charge on any atom is -0.497 e. The van der Waals surface area contributed by atoms with Gasteiger partial charge in [0, 0.05) is 24.1 Å². The Morgan fingerprint density at radius 2 is 2.11 bits per heavy atom. The first kappa shape index (κ1) is 13.8. The molecule has 0 bridgehead atoms. The molecule has 3 nitrogen and oxygen atoms in total. The number of ether oxygens (including phenoxy) is 1. The van der Waals surface area contributed by atoms with Crippen molar-refractivity contribution in [1.82, 2.24) is 10.2 Å². The Morgan fingerprint density at radius 1 is 1.33 bits per heavy atom. The first-order chi connectivity index (χ1) is 8.79. The average molecular weight is 313 g/mol. The average Bonchev–Trinajstić information content (AvgIpc) is 2.89. The van der Waals surface area contributed by atoms with Gasteiger partial charge in [-0.25, -0.2) is 0 Å². The van der Waals surface area contributed by atoms with Gasteiger partial charge in [-0.1, -0.05) is 15.9 Å². The lowest BCUT2D eigenvalue weighted by molar-refractivity contribution is 0.335. The van der Waals surface area contributed by atoms with Gasteiger partial charge in [-0.15, -0.1) is 0 Å². The van der Waals surface area contributed by atoms with Crippen molar-refractivity contribution in [2.45, 2.75) is 19.4 Å². The number of halogens is 1. The van der Waals surface area contributed by atoms with E-state index in [1.165, 1.54) is 31.5 Å². The molecule has 1 aliphatic heterocycles. The molecule has 1 aromatic rings. The second-order valence-corrected chi connectivity index (χ2v) is 5.54. The minimum atomic E-state index is 0.881. The molecule has 1 N–H and O–H groups in total. The Bertz CT molecular complexity index is 378. The highest BCUT2D eigenvalue weighted by atomic mass is 79.9. The molecule has 100 valence electrons. The van der Waals surface area contributed by atoms with Gasteiger partial charge in [-0.05, 0) is 49.7 Å². The van der Waals surface area contributed by atoms with Crippen LogP contribution in [0.4, 0.5) is 0 Å². The number of methoxy groups -OCH3 is 1. The quantitative estimate of drug-likeness (QED) is 0.817. The van der Waals surface area contributed by atoms with Crippen LogP contribution >= 0.6 is 15.9 Å². The number of rotatable bonds is 6. The van der Waals surface area contributed by atoms with Crippen LogP contribution in [-0.4, -0.2) is 38.2 Å². The third kappa shape index (κ3) is 3.97. The fourth-order valence-corrected chi connectivity index (χ4v) is 2.67. The van der Waals surface area contributed by atoms with Gasteiger partial charge in [0.05, 0.1) is 7.11 Å². The molecule has 0 amide bonds. The van der Waals surface area contributed by atoms with Crippen LogP contribution in [0.15, 0.2) is 22.7 Å². The van der Waals surface area contributed by atoms with Gasteiger partial charge in [-0.2, -0.15) is 0 Å². The highest BCUT2D eigenvalue weighted by Gasteiger charge is 2.10. The molecule has 18 heavy (non-hydrogen) atoms. The Morgan fingerprint density at radius 3 is 2.83 bits per heavy atom. The zero-order valence-corrected chi connectivity index (χ0v) is 12.5. The van der Waals surface area contributed by atoms with E-state index in [0.29, 0.717) is 0 Å². The predicted molar refractivity (Wildman–Crippen MR) is 78.1 cm³/mol. The van der Waals surface area contributed by atoms with E-state index < -0.39 is 0 Å². The van der Waals surface area contributed by atoms with Crippen molar-refractivity contribution < 1.29 is 4.74 Å². The summed E-state index contributed by atoms with van der Waals surface area (Å²) in [5.41, 5.74) is 1.25. The van der Waals surface area contributed by atoms with Crippen LogP contribution in [0.1, 0.15) is 18.4 Å². The molecule has 0 atom stereocenters. The van der Waals surface area contributed by atoms with Gasteiger partial charge in [0.15, 0.2) is 0 Å². The first-order valence-electron chi connectivity index (χ1n) is 6.55. The second-order valence-electron chi connectivity index (χ2n) is 4.68. The van der Waals surface area contributed by atoms with E-state index in [-0.39, 0.29) is 0 Å². The van der Waals surface area contributed by atoms with Crippen LogP contribution in [0.5, 0.6) is 5.75 Å². The van der Waals surface area contributed by atoms with Gasteiger partial charge in [0.1, 0.15) is 5.75 Å². The zero-order chi connectivity index (χ0) is 12.8. The third-order valence-corrected chi connectivity index (χ3v) is 4.15. The number of nitrogens with zero attached hydrogens (tertiary/aromatic N) is 1. The fourth-order valence-electron chi connectivity index (χ4n) is 2.28. The van der Waals surface area contributed by atoms with Crippen molar-refractivity contribution in [3.8, 4) is 5.75 Å². The molecule has 0 aliphatic carbocycles. The van der Waals surface area contributed by atoms with Crippen LogP contribution in [-0.2, 0) is 6.54 Å². The molecule has 1 aromatic carbocycles. The van der Waals surface area contributed by atoms with E-state index >= 15 is 0 Å². The van der Waals surface area contributed by atoms with Gasteiger partial charge in [0.25, 0.3) is 0 Å². The van der Waals surface area contributed by atoms with E-state index in [1.54, 1.807) is 7.11 Å². The normalized spacial score (nSPS) is 16.1. The molecular formula is C14H21BrN2O. The van der Waals surface area contributed by atoms with Crippen molar-refractivity contribution in [3.05, 3.63) is 28.2 Å². The number of hydrogen-bond acceptors (Lipinski definition) is 3. The lowest BCUT2D eigenvalue weighted by Crippen LogP contribution is -2.29. The van der Waals surface area contributed by atoms with E-state index in [4.69, 9.17) is 4.74 Å². The van der Waals surface area contributed by atoms with Crippen molar-refractivity contribution in [1.29, 1.82) is 0 Å². The number of hydrogen-bond donors (Lipinski definition) is 1. The molecule has 2 rings (SSSR count). The molecule has 1 fully saturated rings. The third-order valence-electron chi connectivity index (χ3n) is 3.37. The van der Waals surface area contributed by atoms with Crippen molar-refractivity contribution in [3.63, 3.8) is 0 Å². The standard InChI is InChI=1S/C14H21BrN2O/c1-18-13-4-5-14(15)12(10-13)11-16-6-9-17-7-2-3-8-17/h4-5,10,16H,2-3,6-9,11H2,1H3.